The second kappa shape index (κ2) is 7.38. The van der Waals surface area contributed by atoms with E-state index in [-0.39, 0.29) is 22.4 Å². The van der Waals surface area contributed by atoms with Crippen LogP contribution in [0.4, 0.5) is 8.78 Å². The lowest BCUT2D eigenvalue weighted by atomic mass is 10.0. The Labute approximate surface area is 161 Å². The fourth-order valence-corrected chi connectivity index (χ4v) is 3.21. The molecule has 0 saturated heterocycles. The summed E-state index contributed by atoms with van der Waals surface area (Å²) in [6.45, 7) is 4.78. The Morgan fingerprint density at radius 3 is 2.18 bits per heavy atom. The topological polar surface area (TPSA) is 48.3 Å². The zero-order valence-electron chi connectivity index (χ0n) is 16.0. The van der Waals surface area contributed by atoms with Crippen molar-refractivity contribution in [2.24, 2.45) is 0 Å². The van der Waals surface area contributed by atoms with Crippen molar-refractivity contribution in [1.29, 1.82) is 0 Å². The first-order valence-electron chi connectivity index (χ1n) is 8.62. The van der Waals surface area contributed by atoms with E-state index < -0.39 is 23.1 Å². The van der Waals surface area contributed by atoms with Crippen molar-refractivity contribution in [2.75, 3.05) is 7.11 Å². The van der Waals surface area contributed by atoms with Gasteiger partial charge < -0.3 is 4.74 Å². The first-order valence-corrected chi connectivity index (χ1v) is 8.62. The molecule has 3 rings (SSSR count). The van der Waals surface area contributed by atoms with Crippen molar-refractivity contribution < 1.29 is 18.3 Å². The van der Waals surface area contributed by atoms with Gasteiger partial charge in [-0.15, -0.1) is 0 Å². The smallest absolute Gasteiger partial charge is 0.262 e. The minimum atomic E-state index is -0.922. The van der Waals surface area contributed by atoms with Crippen LogP contribution in [0.3, 0.4) is 0 Å². The molecule has 1 heterocycles. The fraction of sp³-hybridized carbons (Fsp3) is 0.182. The van der Waals surface area contributed by atoms with E-state index in [1.54, 1.807) is 38.1 Å². The van der Waals surface area contributed by atoms with E-state index in [1.807, 2.05) is 0 Å². The highest BCUT2D eigenvalue weighted by atomic mass is 19.1. The van der Waals surface area contributed by atoms with Gasteiger partial charge in [-0.3, -0.25) is 14.2 Å². The number of pyridine rings is 1. The van der Waals surface area contributed by atoms with Gasteiger partial charge in [-0.2, -0.15) is 0 Å². The highest BCUT2D eigenvalue weighted by molar-refractivity contribution is 6.00. The molecule has 0 atom stereocenters. The molecular formula is C22H19F2NO3. The Hall–Kier alpha value is -3.28. The summed E-state index contributed by atoms with van der Waals surface area (Å²) < 4.78 is 35.6. The van der Waals surface area contributed by atoms with Gasteiger partial charge in [0.25, 0.3) is 5.91 Å². The van der Waals surface area contributed by atoms with Crippen LogP contribution in [-0.4, -0.2) is 17.6 Å². The summed E-state index contributed by atoms with van der Waals surface area (Å²) in [6.07, 6.45) is 1.32. The molecule has 1 aromatic heterocycles. The number of carbonyl (C=O) groups excluding carboxylic acids is 1. The number of methoxy groups -OCH3 is 1. The van der Waals surface area contributed by atoms with Gasteiger partial charge in [-0.25, -0.2) is 8.78 Å². The molecule has 0 aliphatic carbocycles. The van der Waals surface area contributed by atoms with Crippen molar-refractivity contribution in [3.63, 3.8) is 0 Å². The maximum atomic E-state index is 14.8. The molecule has 0 N–H and O–H groups in total. The highest BCUT2D eigenvalue weighted by Crippen LogP contribution is 2.32. The number of ether oxygens (including phenoxy) is 1. The average Bonchev–Trinajstić information content (AvgIpc) is 2.66. The van der Waals surface area contributed by atoms with Gasteiger partial charge in [0, 0.05) is 35.0 Å². The summed E-state index contributed by atoms with van der Waals surface area (Å²) in [5, 5.41) is 0. The summed E-state index contributed by atoms with van der Waals surface area (Å²) in [5.74, 6) is -2.32. The van der Waals surface area contributed by atoms with Crippen LogP contribution in [0.1, 0.15) is 27.0 Å². The molecule has 0 unspecified atom stereocenters. The first kappa shape index (κ1) is 19.5. The molecule has 0 saturated carbocycles. The molecule has 0 aliphatic heterocycles. The number of rotatable bonds is 3. The van der Waals surface area contributed by atoms with Crippen LogP contribution in [0.2, 0.25) is 0 Å². The molecule has 6 heteroatoms. The summed E-state index contributed by atoms with van der Waals surface area (Å²) in [5.41, 5.74) is 0.545. The average molecular weight is 383 g/mol. The molecule has 0 fully saturated rings. The molecule has 3 aromatic rings. The lowest BCUT2D eigenvalue weighted by Crippen LogP contribution is -2.23. The molecule has 0 spiro atoms. The summed E-state index contributed by atoms with van der Waals surface area (Å²) >= 11 is 0. The van der Waals surface area contributed by atoms with E-state index >= 15 is 0 Å². The van der Waals surface area contributed by atoms with Crippen molar-refractivity contribution in [2.45, 2.75) is 20.8 Å². The zero-order valence-corrected chi connectivity index (χ0v) is 16.0. The standard InChI is InChI=1S/C22H19F2NO3/c1-12-7-5-6-8-16(12)22(27)25-11-13(2)21(26)14(3)20(25)19-17(23)9-15(28-4)10-18(19)24/h5-11H,1-4H3. The molecular weight excluding hydrogens is 364 g/mol. The number of aromatic nitrogens is 1. The van der Waals surface area contributed by atoms with Crippen molar-refractivity contribution in [1.82, 2.24) is 4.57 Å². The van der Waals surface area contributed by atoms with Gasteiger partial charge in [0.1, 0.15) is 17.4 Å². The van der Waals surface area contributed by atoms with E-state index in [0.717, 1.165) is 16.7 Å². The third-order valence-electron chi connectivity index (χ3n) is 4.70. The second-order valence-corrected chi connectivity index (χ2v) is 6.57. The lowest BCUT2D eigenvalue weighted by molar-refractivity contribution is 0.0960. The van der Waals surface area contributed by atoms with Gasteiger partial charge in [-0.05, 0) is 32.4 Å². The Bertz CT molecular complexity index is 1130. The van der Waals surface area contributed by atoms with Crippen LogP contribution in [0.25, 0.3) is 11.3 Å². The van der Waals surface area contributed by atoms with Crippen molar-refractivity contribution >= 4 is 5.91 Å². The maximum Gasteiger partial charge on any atom is 0.262 e. The van der Waals surface area contributed by atoms with Crippen LogP contribution in [0.5, 0.6) is 5.75 Å². The highest BCUT2D eigenvalue weighted by Gasteiger charge is 2.24. The lowest BCUT2D eigenvalue weighted by Gasteiger charge is -2.18. The number of benzene rings is 2. The van der Waals surface area contributed by atoms with E-state index in [9.17, 15) is 18.4 Å². The Kier molecular flexibility index (Phi) is 5.14. The Morgan fingerprint density at radius 1 is 1.00 bits per heavy atom. The van der Waals surface area contributed by atoms with Crippen LogP contribution >= 0.6 is 0 Å². The number of nitrogens with zero attached hydrogens (tertiary/aromatic N) is 1. The second-order valence-electron chi connectivity index (χ2n) is 6.57. The zero-order chi connectivity index (χ0) is 20.6. The number of carbonyl (C=O) groups is 1. The third kappa shape index (κ3) is 3.22. The van der Waals surface area contributed by atoms with Gasteiger partial charge in [0.15, 0.2) is 5.43 Å². The van der Waals surface area contributed by atoms with Gasteiger partial charge in [-0.1, -0.05) is 18.2 Å². The maximum absolute atomic E-state index is 14.8. The fourth-order valence-electron chi connectivity index (χ4n) is 3.21. The number of aryl methyl sites for hydroxylation is 2. The van der Waals surface area contributed by atoms with Crippen LogP contribution in [0, 0.1) is 32.4 Å². The molecule has 2 aromatic carbocycles. The summed E-state index contributed by atoms with van der Waals surface area (Å²) in [7, 11) is 1.29. The van der Waals surface area contributed by atoms with Crippen molar-refractivity contribution in [3.8, 4) is 17.0 Å². The number of hydrogen-bond acceptors (Lipinski definition) is 3. The summed E-state index contributed by atoms with van der Waals surface area (Å²) in [4.78, 5) is 25.7. The molecule has 0 amide bonds. The molecule has 0 bridgehead atoms. The monoisotopic (exact) mass is 383 g/mol. The number of hydrogen-bond donors (Lipinski definition) is 0. The Morgan fingerprint density at radius 2 is 1.61 bits per heavy atom. The van der Waals surface area contributed by atoms with E-state index in [1.165, 1.54) is 20.2 Å². The molecule has 0 radical (unpaired) electrons. The van der Waals surface area contributed by atoms with E-state index in [4.69, 9.17) is 4.74 Å². The van der Waals surface area contributed by atoms with E-state index in [0.29, 0.717) is 16.7 Å². The number of halogens is 2. The first-order chi connectivity index (χ1) is 13.3. The molecule has 28 heavy (non-hydrogen) atoms. The van der Waals surface area contributed by atoms with Gasteiger partial charge in [0.05, 0.1) is 18.4 Å². The molecule has 144 valence electrons. The van der Waals surface area contributed by atoms with Gasteiger partial charge in [0.2, 0.25) is 0 Å². The van der Waals surface area contributed by atoms with E-state index in [2.05, 4.69) is 0 Å². The Balaban J connectivity index is 2.37. The predicted molar refractivity (Wildman–Crippen MR) is 103 cm³/mol. The SMILES string of the molecule is COc1cc(F)c(-c2c(C)c(=O)c(C)cn2C(=O)c2ccccc2C)c(F)c1. The van der Waals surface area contributed by atoms with Crippen LogP contribution in [-0.2, 0) is 0 Å². The van der Waals surface area contributed by atoms with Crippen LogP contribution < -0.4 is 10.2 Å². The van der Waals surface area contributed by atoms with Crippen molar-refractivity contribution in [3.05, 3.63) is 86.7 Å². The molecule has 4 nitrogen and oxygen atoms in total. The van der Waals surface area contributed by atoms with Crippen LogP contribution in [0.15, 0.2) is 47.4 Å². The normalized spacial score (nSPS) is 10.8. The minimum absolute atomic E-state index is 0.00245. The third-order valence-corrected chi connectivity index (χ3v) is 4.70. The summed E-state index contributed by atoms with van der Waals surface area (Å²) in [6, 6.07) is 8.93. The predicted octanol–water partition coefficient (Wildman–Crippen LogP) is 4.42. The molecule has 0 aliphatic rings. The van der Waals surface area contributed by atoms with Gasteiger partial charge >= 0.3 is 0 Å². The largest absolute Gasteiger partial charge is 0.497 e. The minimum Gasteiger partial charge on any atom is -0.497 e. The quantitative estimate of drug-likeness (QED) is 0.673.